The number of carbonyl (C=O) groups excluding carboxylic acids is 2. The largest absolute Gasteiger partial charge is 0.456 e. The molecule has 2 heterocycles. The van der Waals surface area contributed by atoms with Crippen LogP contribution in [0.25, 0.3) is 0 Å². The average Bonchev–Trinajstić information content (AvgIpc) is 2.96. The van der Waals surface area contributed by atoms with Crippen molar-refractivity contribution in [1.82, 2.24) is 4.90 Å². The number of amides is 1. The molecule has 2 saturated heterocycles. The van der Waals surface area contributed by atoms with E-state index in [2.05, 4.69) is 0 Å². The van der Waals surface area contributed by atoms with Crippen LogP contribution in [-0.4, -0.2) is 48.0 Å². The third-order valence-electron chi connectivity index (χ3n) is 4.09. The first-order valence-corrected chi connectivity index (χ1v) is 7.37. The van der Waals surface area contributed by atoms with E-state index in [9.17, 15) is 19.7 Å². The predicted octanol–water partition coefficient (Wildman–Crippen LogP) is 1.06. The summed E-state index contributed by atoms with van der Waals surface area (Å²) in [6.07, 6.45) is -0.980. The van der Waals surface area contributed by atoms with Gasteiger partial charge in [-0.15, -0.1) is 0 Å². The van der Waals surface area contributed by atoms with Crippen LogP contribution in [0.1, 0.15) is 18.1 Å². The van der Waals surface area contributed by atoms with Crippen LogP contribution in [0.3, 0.4) is 0 Å². The Morgan fingerprint density at radius 2 is 1.96 bits per heavy atom. The van der Waals surface area contributed by atoms with Crippen molar-refractivity contribution in [2.24, 2.45) is 5.92 Å². The summed E-state index contributed by atoms with van der Waals surface area (Å²) in [4.78, 5) is 36.7. The molecule has 1 amide bonds. The molecule has 0 spiro atoms. The molecule has 2 aliphatic rings. The van der Waals surface area contributed by atoms with Crippen LogP contribution in [0.5, 0.6) is 0 Å². The first kappa shape index (κ1) is 15.4. The Morgan fingerprint density at radius 3 is 2.65 bits per heavy atom. The van der Waals surface area contributed by atoms with E-state index in [0.717, 1.165) is 0 Å². The highest BCUT2D eigenvalue weighted by Gasteiger charge is 2.45. The molecule has 0 aliphatic carbocycles. The summed E-state index contributed by atoms with van der Waals surface area (Å²) >= 11 is 0. The minimum atomic E-state index is -0.917. The lowest BCUT2D eigenvalue weighted by molar-refractivity contribution is -0.386. The molecule has 2 unspecified atom stereocenters. The topological polar surface area (TPSA) is 99.0 Å². The van der Waals surface area contributed by atoms with E-state index in [1.165, 1.54) is 18.2 Å². The maximum atomic E-state index is 12.7. The lowest BCUT2D eigenvalue weighted by Crippen LogP contribution is -2.44. The zero-order chi connectivity index (χ0) is 16.4. The summed E-state index contributed by atoms with van der Waals surface area (Å²) in [7, 11) is 0. The third kappa shape index (κ3) is 3.02. The van der Waals surface area contributed by atoms with Crippen LogP contribution in [0.15, 0.2) is 24.3 Å². The summed E-state index contributed by atoms with van der Waals surface area (Å²) in [6, 6.07) is 6.04. The number of ether oxygens (including phenoxy) is 2. The van der Waals surface area contributed by atoms with Crippen molar-refractivity contribution in [3.8, 4) is 0 Å². The first-order chi connectivity index (χ1) is 11.1. The molecule has 1 aromatic rings. The molecule has 2 atom stereocenters. The van der Waals surface area contributed by atoms with Gasteiger partial charge in [0.2, 0.25) is 5.91 Å². The molecule has 3 rings (SSSR count). The van der Waals surface area contributed by atoms with Crippen molar-refractivity contribution in [3.05, 3.63) is 39.9 Å². The molecule has 0 radical (unpaired) electrons. The number of nitrogens with zero attached hydrogens (tertiary/aromatic N) is 2. The molecular formula is C15H16N2O6. The van der Waals surface area contributed by atoms with E-state index in [-0.39, 0.29) is 23.6 Å². The van der Waals surface area contributed by atoms with Gasteiger partial charge in [0.05, 0.1) is 36.0 Å². The predicted molar refractivity (Wildman–Crippen MR) is 77.4 cm³/mol. The molecule has 122 valence electrons. The number of esters is 1. The van der Waals surface area contributed by atoms with Gasteiger partial charge in [0, 0.05) is 19.2 Å². The second kappa shape index (κ2) is 6.33. The van der Waals surface area contributed by atoms with Crippen molar-refractivity contribution in [2.75, 3.05) is 26.3 Å². The Bertz CT molecular complexity index is 641. The Balaban J connectivity index is 1.89. The number of nitro groups is 1. The number of rotatable bonds is 3. The van der Waals surface area contributed by atoms with E-state index in [4.69, 9.17) is 9.47 Å². The number of hydrogen-bond donors (Lipinski definition) is 0. The minimum absolute atomic E-state index is 0.0626. The van der Waals surface area contributed by atoms with Gasteiger partial charge in [-0.1, -0.05) is 12.1 Å². The number of carbonyl (C=O) groups is 2. The van der Waals surface area contributed by atoms with E-state index >= 15 is 0 Å². The van der Waals surface area contributed by atoms with Gasteiger partial charge < -0.3 is 14.4 Å². The summed E-state index contributed by atoms with van der Waals surface area (Å²) in [5.41, 5.74) is 0.113. The molecule has 0 saturated carbocycles. The smallest absolute Gasteiger partial charge is 0.307 e. The van der Waals surface area contributed by atoms with Crippen LogP contribution in [0, 0.1) is 16.0 Å². The highest BCUT2D eigenvalue weighted by atomic mass is 16.6. The Labute approximate surface area is 132 Å². The second-order valence-electron chi connectivity index (χ2n) is 5.47. The van der Waals surface area contributed by atoms with Gasteiger partial charge >= 0.3 is 5.97 Å². The van der Waals surface area contributed by atoms with E-state index in [0.29, 0.717) is 26.3 Å². The summed E-state index contributed by atoms with van der Waals surface area (Å²) in [5, 5.41) is 11.2. The summed E-state index contributed by atoms with van der Waals surface area (Å²) in [6.45, 7) is 1.80. The number of morpholine rings is 1. The first-order valence-electron chi connectivity index (χ1n) is 7.37. The summed E-state index contributed by atoms with van der Waals surface area (Å²) < 4.78 is 10.5. The molecule has 23 heavy (non-hydrogen) atoms. The number of benzene rings is 1. The molecule has 0 bridgehead atoms. The van der Waals surface area contributed by atoms with Gasteiger partial charge in [-0.05, 0) is 6.07 Å². The van der Waals surface area contributed by atoms with Crippen molar-refractivity contribution in [1.29, 1.82) is 0 Å². The van der Waals surface area contributed by atoms with Gasteiger partial charge in [0.25, 0.3) is 5.69 Å². The maximum Gasteiger partial charge on any atom is 0.307 e. The van der Waals surface area contributed by atoms with Crippen LogP contribution in [0.4, 0.5) is 5.69 Å². The number of cyclic esters (lactones) is 1. The molecular weight excluding hydrogens is 304 g/mol. The minimum Gasteiger partial charge on any atom is -0.456 e. The zero-order valence-corrected chi connectivity index (χ0v) is 12.3. The van der Waals surface area contributed by atoms with E-state index in [1.807, 2.05) is 0 Å². The van der Waals surface area contributed by atoms with Crippen molar-refractivity contribution in [3.63, 3.8) is 0 Å². The van der Waals surface area contributed by atoms with Gasteiger partial charge in [0.15, 0.2) is 0 Å². The maximum absolute atomic E-state index is 12.7. The summed E-state index contributed by atoms with van der Waals surface area (Å²) in [5.74, 6) is -1.47. The van der Waals surface area contributed by atoms with Crippen LogP contribution >= 0.6 is 0 Å². The number of hydrogen-bond acceptors (Lipinski definition) is 6. The van der Waals surface area contributed by atoms with Crippen LogP contribution in [-0.2, 0) is 19.1 Å². The lowest BCUT2D eigenvalue weighted by Gasteiger charge is -2.30. The van der Waals surface area contributed by atoms with Crippen molar-refractivity contribution >= 4 is 17.6 Å². The Morgan fingerprint density at radius 1 is 1.26 bits per heavy atom. The quantitative estimate of drug-likeness (QED) is 0.469. The molecule has 2 fully saturated rings. The highest BCUT2D eigenvalue weighted by molar-refractivity contribution is 5.87. The number of para-hydroxylation sites is 1. The van der Waals surface area contributed by atoms with Gasteiger partial charge in [-0.25, -0.2) is 0 Å². The third-order valence-corrected chi connectivity index (χ3v) is 4.09. The fourth-order valence-corrected chi connectivity index (χ4v) is 2.97. The molecule has 2 aliphatic heterocycles. The van der Waals surface area contributed by atoms with Crippen molar-refractivity contribution in [2.45, 2.75) is 12.5 Å². The molecule has 8 heteroatoms. The normalized spacial score (nSPS) is 24.3. The average molecular weight is 320 g/mol. The van der Waals surface area contributed by atoms with E-state index < -0.39 is 22.9 Å². The molecule has 0 N–H and O–H groups in total. The van der Waals surface area contributed by atoms with Gasteiger partial charge in [0.1, 0.15) is 6.10 Å². The lowest BCUT2D eigenvalue weighted by atomic mass is 9.92. The van der Waals surface area contributed by atoms with Gasteiger partial charge in [-0.3, -0.25) is 19.7 Å². The Kier molecular flexibility index (Phi) is 4.24. The van der Waals surface area contributed by atoms with Crippen LogP contribution < -0.4 is 0 Å². The molecule has 8 nitrogen and oxygen atoms in total. The fourth-order valence-electron chi connectivity index (χ4n) is 2.97. The van der Waals surface area contributed by atoms with Gasteiger partial charge in [-0.2, -0.15) is 0 Å². The number of nitro benzene ring substituents is 1. The second-order valence-corrected chi connectivity index (χ2v) is 5.47. The SMILES string of the molecule is O=C1CC(C(=O)N2CCOCC2)C(c2ccccc2[N+](=O)[O-])O1. The van der Waals surface area contributed by atoms with Crippen LogP contribution in [0.2, 0.25) is 0 Å². The monoisotopic (exact) mass is 320 g/mol. The fraction of sp³-hybridized carbons (Fsp3) is 0.467. The molecule has 0 aromatic heterocycles. The van der Waals surface area contributed by atoms with Crippen molar-refractivity contribution < 1.29 is 24.0 Å². The molecule has 1 aromatic carbocycles. The highest BCUT2D eigenvalue weighted by Crippen LogP contribution is 2.40. The standard InChI is InChI=1S/C15H16N2O6/c18-13-9-11(15(19)16-5-7-22-8-6-16)14(23-13)10-3-1-2-4-12(10)17(20)21/h1-4,11,14H,5-9H2. The zero-order valence-electron chi connectivity index (χ0n) is 12.3. The Hall–Kier alpha value is -2.48. The van der Waals surface area contributed by atoms with E-state index in [1.54, 1.807) is 11.0 Å².